The molecule has 0 saturated heterocycles. The molecule has 1 saturated carbocycles. The number of anilines is 1. The molecule has 2 aliphatic rings. The fourth-order valence-electron chi connectivity index (χ4n) is 5.47. The van der Waals surface area contributed by atoms with Crippen LogP contribution in [0.5, 0.6) is 0 Å². The number of esters is 1. The second-order valence-electron chi connectivity index (χ2n) is 9.98. The van der Waals surface area contributed by atoms with Gasteiger partial charge < -0.3 is 29.3 Å². The van der Waals surface area contributed by atoms with E-state index in [1.165, 1.54) is 12.7 Å². The standard InChI is InChI=1S/C28H46N4O5/c1-5-31-16-14-22-18-23(19-29-25(22)15-17-31)30-28(34)32(20-27(36-6-2)37-7-3)24-11-8-21(9-12-24)10-13-26(33)35-4/h18-19,21,24,27H,5-17,20H2,1-4H3,(H,30,34). The summed E-state index contributed by atoms with van der Waals surface area (Å²) < 4.78 is 16.4. The zero-order valence-electron chi connectivity index (χ0n) is 23.2. The summed E-state index contributed by atoms with van der Waals surface area (Å²) in [5.41, 5.74) is 3.08. The second-order valence-corrected chi connectivity index (χ2v) is 9.98. The monoisotopic (exact) mass is 518 g/mol. The van der Waals surface area contributed by atoms with Gasteiger partial charge in [-0.25, -0.2) is 4.79 Å². The van der Waals surface area contributed by atoms with Crippen LogP contribution < -0.4 is 5.32 Å². The average molecular weight is 519 g/mol. The molecule has 1 N–H and O–H groups in total. The number of ether oxygens (including phenoxy) is 3. The normalized spacial score (nSPS) is 20.2. The van der Waals surface area contributed by atoms with Crippen molar-refractivity contribution in [3.8, 4) is 0 Å². The molecule has 0 atom stereocenters. The summed E-state index contributed by atoms with van der Waals surface area (Å²) in [5.74, 6) is 0.322. The summed E-state index contributed by atoms with van der Waals surface area (Å²) in [5, 5.41) is 3.12. The van der Waals surface area contributed by atoms with Gasteiger partial charge in [-0.15, -0.1) is 0 Å². The van der Waals surface area contributed by atoms with Gasteiger partial charge in [0.15, 0.2) is 6.29 Å². The Balaban J connectivity index is 1.68. The van der Waals surface area contributed by atoms with Crippen molar-refractivity contribution in [2.45, 2.75) is 84.5 Å². The number of nitrogens with one attached hydrogen (secondary N) is 1. The Bertz CT molecular complexity index is 853. The van der Waals surface area contributed by atoms with Crippen LogP contribution in [0.25, 0.3) is 0 Å². The maximum Gasteiger partial charge on any atom is 0.322 e. The first-order valence-corrected chi connectivity index (χ1v) is 14.0. The van der Waals surface area contributed by atoms with Crippen molar-refractivity contribution < 1.29 is 23.8 Å². The van der Waals surface area contributed by atoms with E-state index in [9.17, 15) is 9.59 Å². The van der Waals surface area contributed by atoms with Crippen molar-refractivity contribution in [2.24, 2.45) is 5.92 Å². The minimum atomic E-state index is -0.469. The van der Waals surface area contributed by atoms with Crippen LogP contribution in [0, 0.1) is 5.92 Å². The third-order valence-electron chi connectivity index (χ3n) is 7.67. The van der Waals surface area contributed by atoms with Gasteiger partial charge in [-0.1, -0.05) is 6.92 Å². The Morgan fingerprint density at radius 2 is 1.81 bits per heavy atom. The van der Waals surface area contributed by atoms with Crippen LogP contribution in [-0.2, 0) is 31.8 Å². The summed E-state index contributed by atoms with van der Waals surface area (Å²) in [6.45, 7) is 10.5. The van der Waals surface area contributed by atoms with Crippen LogP contribution in [0.4, 0.5) is 10.5 Å². The number of urea groups is 1. The van der Waals surface area contributed by atoms with Gasteiger partial charge in [0, 0.05) is 50.9 Å². The van der Waals surface area contributed by atoms with Crippen molar-refractivity contribution >= 4 is 17.7 Å². The molecular weight excluding hydrogens is 472 g/mol. The Hall–Kier alpha value is -2.23. The first-order chi connectivity index (χ1) is 18.0. The highest BCUT2D eigenvalue weighted by Crippen LogP contribution is 2.31. The lowest BCUT2D eigenvalue weighted by Gasteiger charge is -2.38. The minimum Gasteiger partial charge on any atom is -0.469 e. The van der Waals surface area contributed by atoms with E-state index in [0.717, 1.165) is 76.0 Å². The Morgan fingerprint density at radius 1 is 1.11 bits per heavy atom. The third-order valence-corrected chi connectivity index (χ3v) is 7.67. The molecule has 3 rings (SSSR count). The van der Waals surface area contributed by atoms with Crippen LogP contribution in [-0.4, -0.2) is 85.6 Å². The highest BCUT2D eigenvalue weighted by molar-refractivity contribution is 5.89. The molecule has 2 amide bonds. The molecule has 1 aliphatic heterocycles. The number of hydrogen-bond acceptors (Lipinski definition) is 7. The average Bonchev–Trinajstić information content (AvgIpc) is 3.12. The Morgan fingerprint density at radius 3 is 2.46 bits per heavy atom. The van der Waals surface area contributed by atoms with Crippen LogP contribution in [0.3, 0.4) is 0 Å². The van der Waals surface area contributed by atoms with E-state index in [2.05, 4.69) is 23.2 Å². The van der Waals surface area contributed by atoms with Gasteiger partial charge in [0.05, 0.1) is 25.5 Å². The number of carbonyl (C=O) groups excluding carboxylic acids is 2. The highest BCUT2D eigenvalue weighted by atomic mass is 16.7. The molecule has 0 bridgehead atoms. The SMILES string of the molecule is CCOC(CN(C(=O)Nc1cnc2c(c1)CCN(CC)CC2)C1CCC(CCC(=O)OC)CC1)OCC. The lowest BCUT2D eigenvalue weighted by Crippen LogP contribution is -2.49. The van der Waals surface area contributed by atoms with E-state index in [4.69, 9.17) is 19.2 Å². The smallest absolute Gasteiger partial charge is 0.322 e. The van der Waals surface area contributed by atoms with Gasteiger partial charge in [-0.3, -0.25) is 9.78 Å². The number of nitrogens with zero attached hydrogens (tertiary/aromatic N) is 3. The molecule has 1 fully saturated rings. The molecule has 0 aromatic carbocycles. The molecule has 1 aliphatic carbocycles. The van der Waals surface area contributed by atoms with E-state index in [1.54, 1.807) is 6.20 Å². The molecule has 9 heteroatoms. The van der Waals surface area contributed by atoms with Gasteiger partial charge in [0.25, 0.3) is 0 Å². The van der Waals surface area contributed by atoms with E-state index in [-0.39, 0.29) is 18.0 Å². The Labute approximate surface area is 222 Å². The van der Waals surface area contributed by atoms with Crippen molar-refractivity contribution in [3.05, 3.63) is 23.5 Å². The number of pyridine rings is 1. The van der Waals surface area contributed by atoms with Crippen LogP contribution in [0.1, 0.15) is 70.6 Å². The fourth-order valence-corrected chi connectivity index (χ4v) is 5.47. The number of aromatic nitrogens is 1. The molecule has 208 valence electrons. The molecule has 0 spiro atoms. The number of hydrogen-bond donors (Lipinski definition) is 1. The van der Waals surface area contributed by atoms with Crippen molar-refractivity contribution in [1.82, 2.24) is 14.8 Å². The van der Waals surface area contributed by atoms with Crippen molar-refractivity contribution in [2.75, 3.05) is 51.8 Å². The molecule has 9 nitrogen and oxygen atoms in total. The number of carbonyl (C=O) groups is 2. The third kappa shape index (κ3) is 8.93. The van der Waals surface area contributed by atoms with E-state index in [1.807, 2.05) is 18.7 Å². The molecule has 1 aromatic rings. The molecule has 37 heavy (non-hydrogen) atoms. The molecule has 1 aromatic heterocycles. The zero-order chi connectivity index (χ0) is 26.6. The number of methoxy groups -OCH3 is 1. The summed E-state index contributed by atoms with van der Waals surface area (Å²) >= 11 is 0. The first-order valence-electron chi connectivity index (χ1n) is 14.0. The first kappa shape index (κ1) is 29.3. The van der Waals surface area contributed by atoms with Gasteiger partial charge in [0.1, 0.15) is 0 Å². The summed E-state index contributed by atoms with van der Waals surface area (Å²) in [6.07, 6.45) is 8.21. The minimum absolute atomic E-state index is 0.0877. The number of rotatable bonds is 12. The fraction of sp³-hybridized carbons (Fsp3) is 0.750. The van der Waals surface area contributed by atoms with Crippen molar-refractivity contribution in [3.63, 3.8) is 0 Å². The highest BCUT2D eigenvalue weighted by Gasteiger charge is 2.31. The van der Waals surface area contributed by atoms with E-state index in [0.29, 0.717) is 32.1 Å². The van der Waals surface area contributed by atoms with E-state index < -0.39 is 6.29 Å². The molecule has 0 unspecified atom stereocenters. The molecule has 0 radical (unpaired) electrons. The number of amides is 2. The van der Waals surface area contributed by atoms with Crippen LogP contribution in [0.15, 0.2) is 12.3 Å². The van der Waals surface area contributed by atoms with E-state index >= 15 is 0 Å². The molecule has 2 heterocycles. The van der Waals surface area contributed by atoms with Gasteiger partial charge in [-0.2, -0.15) is 0 Å². The van der Waals surface area contributed by atoms with Crippen LogP contribution >= 0.6 is 0 Å². The largest absolute Gasteiger partial charge is 0.469 e. The quantitative estimate of drug-likeness (QED) is 0.327. The zero-order valence-corrected chi connectivity index (χ0v) is 23.2. The topological polar surface area (TPSA) is 93.2 Å². The van der Waals surface area contributed by atoms with Crippen LogP contribution in [0.2, 0.25) is 0 Å². The number of fused-ring (bicyclic) bond motifs is 1. The predicted molar refractivity (Wildman–Crippen MR) is 144 cm³/mol. The predicted octanol–water partition coefficient (Wildman–Crippen LogP) is 4.25. The maximum atomic E-state index is 13.6. The lowest BCUT2D eigenvalue weighted by molar-refractivity contribution is -0.146. The number of likely N-dealkylation sites (N-methyl/N-ethyl adjacent to an activating group) is 1. The summed E-state index contributed by atoms with van der Waals surface area (Å²) in [4.78, 5) is 34.2. The van der Waals surface area contributed by atoms with Gasteiger partial charge in [-0.05, 0) is 76.5 Å². The summed E-state index contributed by atoms with van der Waals surface area (Å²) in [6, 6.07) is 2.03. The molecular formula is C28H46N4O5. The maximum absolute atomic E-state index is 13.6. The summed E-state index contributed by atoms with van der Waals surface area (Å²) in [7, 11) is 1.43. The Kier molecular flexibility index (Phi) is 12.1. The van der Waals surface area contributed by atoms with Gasteiger partial charge >= 0.3 is 12.0 Å². The lowest BCUT2D eigenvalue weighted by atomic mass is 9.83. The van der Waals surface area contributed by atoms with Gasteiger partial charge in [0.2, 0.25) is 0 Å². The van der Waals surface area contributed by atoms with Crippen molar-refractivity contribution in [1.29, 1.82) is 0 Å². The second kappa shape index (κ2) is 15.2.